The minimum absolute atomic E-state index is 0.0200. The van der Waals surface area contributed by atoms with Crippen molar-refractivity contribution in [2.24, 2.45) is 0 Å². The van der Waals surface area contributed by atoms with E-state index in [0.717, 1.165) is 16.2 Å². The van der Waals surface area contributed by atoms with Gasteiger partial charge < -0.3 is 14.4 Å². The number of thiazole rings is 1. The van der Waals surface area contributed by atoms with Crippen LogP contribution in [0.25, 0.3) is 0 Å². The summed E-state index contributed by atoms with van der Waals surface area (Å²) < 4.78 is 46.3. The van der Waals surface area contributed by atoms with Gasteiger partial charge in [-0.1, -0.05) is 11.3 Å². The Balaban J connectivity index is 1.99. The highest BCUT2D eigenvalue weighted by molar-refractivity contribution is 7.13. The number of alkyl halides is 3. The van der Waals surface area contributed by atoms with Crippen LogP contribution >= 0.6 is 11.3 Å². The van der Waals surface area contributed by atoms with Crippen molar-refractivity contribution in [2.45, 2.75) is 45.5 Å². The van der Waals surface area contributed by atoms with Crippen molar-refractivity contribution in [3.05, 3.63) is 10.6 Å². The number of nitrogens with zero attached hydrogens (tertiary/aromatic N) is 2. The molecule has 1 aromatic heterocycles. The molecule has 124 valence electrons. The average Bonchev–Trinajstić information content (AvgIpc) is 2.75. The van der Waals surface area contributed by atoms with Crippen LogP contribution in [0, 0.1) is 0 Å². The van der Waals surface area contributed by atoms with Crippen LogP contribution in [-0.2, 0) is 17.7 Å². The second-order valence-electron chi connectivity index (χ2n) is 5.91. The maximum Gasteiger partial charge on any atom is 0.422 e. The molecule has 0 N–H and O–H groups in total. The van der Waals surface area contributed by atoms with E-state index in [1.807, 2.05) is 0 Å². The number of carbonyl (C=O) groups excluding carboxylic acids is 1. The molecule has 0 bridgehead atoms. The van der Waals surface area contributed by atoms with Gasteiger partial charge in [0.25, 0.3) is 5.19 Å². The maximum absolute atomic E-state index is 12.1. The lowest BCUT2D eigenvalue weighted by atomic mass is 10.2. The number of carbonyl (C=O) groups is 1. The van der Waals surface area contributed by atoms with Crippen molar-refractivity contribution < 1.29 is 27.4 Å². The van der Waals surface area contributed by atoms with Crippen molar-refractivity contribution in [1.82, 2.24) is 9.88 Å². The Morgan fingerprint density at radius 1 is 1.36 bits per heavy atom. The summed E-state index contributed by atoms with van der Waals surface area (Å²) in [5.41, 5.74) is -0.0280. The van der Waals surface area contributed by atoms with Crippen molar-refractivity contribution >= 4 is 17.4 Å². The summed E-state index contributed by atoms with van der Waals surface area (Å²) in [6, 6.07) is 0. The van der Waals surface area contributed by atoms with Gasteiger partial charge in [0.1, 0.15) is 5.60 Å². The lowest BCUT2D eigenvalue weighted by molar-refractivity contribution is -0.153. The molecule has 1 aliphatic heterocycles. The third-order valence-corrected chi connectivity index (χ3v) is 3.79. The van der Waals surface area contributed by atoms with Gasteiger partial charge in [-0.3, -0.25) is 0 Å². The van der Waals surface area contributed by atoms with Crippen molar-refractivity contribution in [3.63, 3.8) is 0 Å². The zero-order chi connectivity index (χ0) is 16.5. The van der Waals surface area contributed by atoms with Gasteiger partial charge in [0.2, 0.25) is 0 Å². The Bertz CT molecular complexity index is 552. The van der Waals surface area contributed by atoms with Crippen molar-refractivity contribution in [2.75, 3.05) is 13.2 Å². The highest BCUT2D eigenvalue weighted by atomic mass is 32.1. The number of fused-ring (bicyclic) bond motifs is 1. The smallest absolute Gasteiger partial charge is 0.422 e. The van der Waals surface area contributed by atoms with E-state index in [4.69, 9.17) is 4.74 Å². The maximum atomic E-state index is 12.1. The number of amides is 1. The fraction of sp³-hybridized carbons (Fsp3) is 0.692. The molecule has 1 amide bonds. The largest absolute Gasteiger partial charge is 0.460 e. The summed E-state index contributed by atoms with van der Waals surface area (Å²) in [6.07, 6.45) is -4.32. The second-order valence-corrected chi connectivity index (χ2v) is 6.95. The number of hydrogen-bond acceptors (Lipinski definition) is 5. The van der Waals surface area contributed by atoms with Gasteiger partial charge in [-0.05, 0) is 20.8 Å². The van der Waals surface area contributed by atoms with E-state index in [2.05, 4.69) is 9.72 Å². The molecule has 2 heterocycles. The monoisotopic (exact) mass is 338 g/mol. The molecule has 0 radical (unpaired) electrons. The topological polar surface area (TPSA) is 51.7 Å². The van der Waals surface area contributed by atoms with E-state index in [1.165, 1.54) is 4.90 Å². The van der Waals surface area contributed by atoms with Gasteiger partial charge in [0, 0.05) is 17.8 Å². The highest BCUT2D eigenvalue weighted by Gasteiger charge is 2.31. The van der Waals surface area contributed by atoms with Crippen LogP contribution in [-0.4, -0.2) is 40.9 Å². The molecule has 0 atom stereocenters. The molecule has 0 aromatic carbocycles. The van der Waals surface area contributed by atoms with Gasteiger partial charge in [0.15, 0.2) is 6.61 Å². The summed E-state index contributed by atoms with van der Waals surface area (Å²) in [5.74, 6) is 0. The second kappa shape index (κ2) is 5.94. The number of hydrogen-bond donors (Lipinski definition) is 0. The standard InChI is InChI=1S/C13H17F3N2O3S/c1-12(2,3)21-11(19)18-5-4-9-8(6-18)17-10(22-9)20-7-13(14,15)16/h4-7H2,1-3H3. The molecule has 0 fully saturated rings. The Morgan fingerprint density at radius 2 is 2.05 bits per heavy atom. The van der Waals surface area contributed by atoms with E-state index in [9.17, 15) is 18.0 Å². The van der Waals surface area contributed by atoms with E-state index < -0.39 is 24.5 Å². The normalized spacial score (nSPS) is 15.5. The summed E-state index contributed by atoms with van der Waals surface area (Å²) in [6.45, 7) is 4.61. The van der Waals surface area contributed by atoms with Crippen LogP contribution in [0.2, 0.25) is 0 Å². The fourth-order valence-electron chi connectivity index (χ4n) is 1.86. The zero-order valence-corrected chi connectivity index (χ0v) is 13.3. The van der Waals surface area contributed by atoms with Crippen LogP contribution in [0.1, 0.15) is 31.3 Å². The first kappa shape index (κ1) is 16.9. The molecule has 2 rings (SSSR count). The summed E-state index contributed by atoms with van der Waals surface area (Å²) >= 11 is 1.09. The van der Waals surface area contributed by atoms with Gasteiger partial charge in [-0.15, -0.1) is 0 Å². The van der Waals surface area contributed by atoms with Crippen molar-refractivity contribution in [3.8, 4) is 5.19 Å². The summed E-state index contributed by atoms with van der Waals surface area (Å²) in [5, 5.41) is -0.0200. The van der Waals surface area contributed by atoms with Crippen LogP contribution in [0.4, 0.5) is 18.0 Å². The van der Waals surface area contributed by atoms with E-state index in [0.29, 0.717) is 18.7 Å². The predicted octanol–water partition coefficient (Wildman–Crippen LogP) is 3.38. The number of aromatic nitrogens is 1. The molecule has 1 aliphatic rings. The first-order valence-corrected chi connectivity index (χ1v) is 7.51. The zero-order valence-electron chi connectivity index (χ0n) is 12.5. The van der Waals surface area contributed by atoms with E-state index in [1.54, 1.807) is 20.8 Å². The first-order chi connectivity index (χ1) is 10.0. The SMILES string of the molecule is CC(C)(C)OC(=O)N1CCc2sc(OCC(F)(F)F)nc2C1. The third-order valence-electron chi connectivity index (χ3n) is 2.72. The van der Waals surface area contributed by atoms with Gasteiger partial charge in [0.05, 0.1) is 12.2 Å². The Kier molecular flexibility index (Phi) is 4.55. The molecule has 0 aliphatic carbocycles. The van der Waals surface area contributed by atoms with E-state index >= 15 is 0 Å². The molecular formula is C13H17F3N2O3S. The number of rotatable bonds is 2. The Hall–Kier alpha value is -1.51. The lowest BCUT2D eigenvalue weighted by Gasteiger charge is -2.29. The van der Waals surface area contributed by atoms with E-state index in [-0.39, 0.29) is 11.7 Å². The highest BCUT2D eigenvalue weighted by Crippen LogP contribution is 2.31. The molecule has 0 saturated carbocycles. The molecule has 22 heavy (non-hydrogen) atoms. The molecule has 5 nitrogen and oxygen atoms in total. The molecule has 0 spiro atoms. The van der Waals surface area contributed by atoms with Crippen LogP contribution in [0.15, 0.2) is 0 Å². The molecule has 0 saturated heterocycles. The van der Waals surface area contributed by atoms with Gasteiger partial charge in [-0.2, -0.15) is 13.2 Å². The summed E-state index contributed by atoms with van der Waals surface area (Å²) in [7, 11) is 0. The first-order valence-electron chi connectivity index (χ1n) is 6.69. The predicted molar refractivity (Wildman–Crippen MR) is 74.0 cm³/mol. The molecule has 0 unspecified atom stereocenters. The number of ether oxygens (including phenoxy) is 2. The minimum atomic E-state index is -4.39. The molecule has 1 aromatic rings. The molecule has 9 heteroatoms. The average molecular weight is 338 g/mol. The van der Waals surface area contributed by atoms with Gasteiger partial charge in [-0.25, -0.2) is 9.78 Å². The lowest BCUT2D eigenvalue weighted by Crippen LogP contribution is -2.39. The Labute approximate surface area is 130 Å². The van der Waals surface area contributed by atoms with Crippen LogP contribution in [0.5, 0.6) is 5.19 Å². The van der Waals surface area contributed by atoms with Crippen LogP contribution < -0.4 is 4.74 Å². The van der Waals surface area contributed by atoms with Gasteiger partial charge >= 0.3 is 12.3 Å². The van der Waals surface area contributed by atoms with Crippen molar-refractivity contribution in [1.29, 1.82) is 0 Å². The van der Waals surface area contributed by atoms with Crippen LogP contribution in [0.3, 0.4) is 0 Å². The summed E-state index contributed by atoms with van der Waals surface area (Å²) in [4.78, 5) is 18.3. The Morgan fingerprint density at radius 3 is 2.64 bits per heavy atom. The third kappa shape index (κ3) is 4.75. The molecular weight excluding hydrogens is 321 g/mol. The quantitative estimate of drug-likeness (QED) is 0.829. The minimum Gasteiger partial charge on any atom is -0.460 e. The fourth-order valence-corrected chi connectivity index (χ4v) is 2.77. The number of halogens is 3.